The molecule has 2 aromatic rings. The van der Waals surface area contributed by atoms with Gasteiger partial charge in [0.25, 0.3) is 0 Å². The van der Waals surface area contributed by atoms with Crippen LogP contribution in [-0.2, 0) is 6.61 Å². The van der Waals surface area contributed by atoms with Crippen molar-refractivity contribution in [1.82, 2.24) is 0 Å². The van der Waals surface area contributed by atoms with Crippen LogP contribution in [0.3, 0.4) is 0 Å². The molecule has 1 heterocycles. The fraction of sp³-hybridized carbons (Fsp3) is 0.200. The summed E-state index contributed by atoms with van der Waals surface area (Å²) in [5.74, 6) is 0.734. The van der Waals surface area contributed by atoms with Crippen LogP contribution in [0, 0.1) is 5.82 Å². The Kier molecular flexibility index (Phi) is 2.76. The van der Waals surface area contributed by atoms with Crippen molar-refractivity contribution in [3.63, 3.8) is 0 Å². The highest BCUT2D eigenvalue weighted by atomic mass is 19.1. The summed E-state index contributed by atoms with van der Waals surface area (Å²) in [5.41, 5.74) is 2.99. The number of halogens is 1. The number of rotatable bonds is 2. The van der Waals surface area contributed by atoms with Crippen LogP contribution >= 0.6 is 0 Å². The summed E-state index contributed by atoms with van der Waals surface area (Å²) in [6.07, 6.45) is 0. The lowest BCUT2D eigenvalue weighted by molar-refractivity contribution is 0.280. The average Bonchev–Trinajstić information content (AvgIpc) is 2.82. The number of aliphatic hydroxyl groups excluding tert-OH is 1. The molecule has 0 radical (unpaired) electrons. The minimum atomic E-state index is -0.228. The normalized spacial score (nSPS) is 17.3. The Morgan fingerprint density at radius 1 is 1.17 bits per heavy atom. The molecule has 1 N–H and O–H groups in total. The van der Waals surface area contributed by atoms with Gasteiger partial charge >= 0.3 is 0 Å². The van der Waals surface area contributed by atoms with Crippen molar-refractivity contribution >= 4 is 0 Å². The Hall–Kier alpha value is -1.87. The zero-order valence-electron chi connectivity index (χ0n) is 9.77. The number of aliphatic hydroxyl groups is 1. The second-order valence-electron chi connectivity index (χ2n) is 4.45. The molecule has 2 nitrogen and oxygen atoms in total. The first kappa shape index (κ1) is 11.2. The summed E-state index contributed by atoms with van der Waals surface area (Å²) in [4.78, 5) is 0. The van der Waals surface area contributed by atoms with Crippen molar-refractivity contribution in [3.8, 4) is 5.75 Å². The minimum Gasteiger partial charge on any atom is -0.492 e. The van der Waals surface area contributed by atoms with E-state index in [1.165, 1.54) is 12.1 Å². The van der Waals surface area contributed by atoms with E-state index < -0.39 is 0 Å². The van der Waals surface area contributed by atoms with Crippen molar-refractivity contribution in [2.24, 2.45) is 0 Å². The van der Waals surface area contributed by atoms with Gasteiger partial charge in [-0.1, -0.05) is 24.3 Å². The van der Waals surface area contributed by atoms with Gasteiger partial charge in [0.1, 0.15) is 11.6 Å². The van der Waals surface area contributed by atoms with Crippen LogP contribution in [0.15, 0.2) is 42.5 Å². The number of ether oxygens (including phenoxy) is 1. The molecule has 1 unspecified atom stereocenters. The minimum absolute atomic E-state index is 0.0118. The van der Waals surface area contributed by atoms with Gasteiger partial charge in [-0.05, 0) is 29.3 Å². The Balaban J connectivity index is 1.97. The van der Waals surface area contributed by atoms with Crippen LogP contribution in [0.5, 0.6) is 5.75 Å². The highest BCUT2D eigenvalue weighted by Gasteiger charge is 2.25. The van der Waals surface area contributed by atoms with E-state index >= 15 is 0 Å². The van der Waals surface area contributed by atoms with Gasteiger partial charge in [-0.25, -0.2) is 4.39 Å². The number of benzene rings is 2. The van der Waals surface area contributed by atoms with Crippen molar-refractivity contribution in [2.75, 3.05) is 6.61 Å². The van der Waals surface area contributed by atoms with Crippen molar-refractivity contribution in [3.05, 3.63) is 65.0 Å². The van der Waals surface area contributed by atoms with Gasteiger partial charge in [-0.3, -0.25) is 0 Å². The molecule has 0 aromatic heterocycles. The lowest BCUT2D eigenvalue weighted by Crippen LogP contribution is -2.02. The zero-order chi connectivity index (χ0) is 12.5. The van der Waals surface area contributed by atoms with Crippen LogP contribution in [0.2, 0.25) is 0 Å². The SMILES string of the molecule is OCc1ccc2c(c1)OCC2c1ccc(F)cc1. The topological polar surface area (TPSA) is 29.5 Å². The first-order valence-corrected chi connectivity index (χ1v) is 5.90. The monoisotopic (exact) mass is 244 g/mol. The summed E-state index contributed by atoms with van der Waals surface area (Å²) >= 11 is 0. The summed E-state index contributed by atoms with van der Waals surface area (Å²) in [6, 6.07) is 12.2. The van der Waals surface area contributed by atoms with Gasteiger partial charge in [-0.2, -0.15) is 0 Å². The number of fused-ring (bicyclic) bond motifs is 1. The third-order valence-corrected chi connectivity index (χ3v) is 3.31. The van der Waals surface area contributed by atoms with E-state index in [1.54, 1.807) is 12.1 Å². The molecular formula is C15H13FO2. The van der Waals surface area contributed by atoms with Crippen LogP contribution in [0.1, 0.15) is 22.6 Å². The van der Waals surface area contributed by atoms with Crippen LogP contribution < -0.4 is 4.74 Å². The second-order valence-corrected chi connectivity index (χ2v) is 4.45. The fourth-order valence-electron chi connectivity index (χ4n) is 2.32. The molecule has 0 bridgehead atoms. The molecule has 92 valence electrons. The third kappa shape index (κ3) is 1.87. The first-order chi connectivity index (χ1) is 8.78. The summed E-state index contributed by atoms with van der Waals surface area (Å²) in [6.45, 7) is 0.577. The zero-order valence-corrected chi connectivity index (χ0v) is 9.77. The van der Waals surface area contributed by atoms with E-state index in [4.69, 9.17) is 9.84 Å². The third-order valence-electron chi connectivity index (χ3n) is 3.31. The molecule has 1 aliphatic rings. The quantitative estimate of drug-likeness (QED) is 0.880. The number of hydrogen-bond donors (Lipinski definition) is 1. The van der Waals surface area contributed by atoms with E-state index in [2.05, 4.69) is 0 Å². The maximum atomic E-state index is 12.9. The lowest BCUT2D eigenvalue weighted by atomic mass is 9.92. The maximum Gasteiger partial charge on any atom is 0.123 e. The van der Waals surface area contributed by atoms with Crippen molar-refractivity contribution < 1.29 is 14.2 Å². The van der Waals surface area contributed by atoms with E-state index in [0.717, 1.165) is 22.4 Å². The smallest absolute Gasteiger partial charge is 0.123 e. The van der Waals surface area contributed by atoms with E-state index in [9.17, 15) is 4.39 Å². The molecule has 1 aliphatic heterocycles. The Morgan fingerprint density at radius 2 is 1.94 bits per heavy atom. The molecule has 0 saturated heterocycles. The summed E-state index contributed by atoms with van der Waals surface area (Å²) < 4.78 is 18.5. The van der Waals surface area contributed by atoms with Crippen molar-refractivity contribution in [1.29, 1.82) is 0 Å². The van der Waals surface area contributed by atoms with E-state index in [-0.39, 0.29) is 18.3 Å². The predicted octanol–water partition coefficient (Wildman–Crippen LogP) is 2.84. The highest BCUT2D eigenvalue weighted by Crippen LogP contribution is 2.38. The van der Waals surface area contributed by atoms with Gasteiger partial charge in [0.05, 0.1) is 13.2 Å². The summed E-state index contributed by atoms with van der Waals surface area (Å²) in [7, 11) is 0. The molecule has 2 aromatic carbocycles. The molecule has 18 heavy (non-hydrogen) atoms. The Morgan fingerprint density at radius 3 is 2.67 bits per heavy atom. The standard InChI is InChI=1S/C15H13FO2/c16-12-4-2-11(3-5-12)14-9-18-15-7-10(8-17)1-6-13(14)15/h1-7,14,17H,8-9H2. The van der Waals surface area contributed by atoms with Crippen molar-refractivity contribution in [2.45, 2.75) is 12.5 Å². The Labute approximate surface area is 105 Å². The lowest BCUT2D eigenvalue weighted by Gasteiger charge is -2.09. The van der Waals surface area contributed by atoms with E-state index in [1.807, 2.05) is 18.2 Å². The predicted molar refractivity (Wildman–Crippen MR) is 66.1 cm³/mol. The first-order valence-electron chi connectivity index (χ1n) is 5.90. The number of hydrogen-bond acceptors (Lipinski definition) is 2. The summed E-state index contributed by atoms with van der Waals surface area (Å²) in [5, 5.41) is 9.09. The van der Waals surface area contributed by atoms with Crippen LogP contribution in [0.4, 0.5) is 4.39 Å². The maximum absolute atomic E-state index is 12.9. The molecule has 0 aliphatic carbocycles. The van der Waals surface area contributed by atoms with Gasteiger partial charge in [-0.15, -0.1) is 0 Å². The molecule has 0 amide bonds. The molecule has 0 spiro atoms. The van der Waals surface area contributed by atoms with Gasteiger partial charge in [0.15, 0.2) is 0 Å². The molecule has 1 atom stereocenters. The van der Waals surface area contributed by atoms with Crippen LogP contribution in [-0.4, -0.2) is 11.7 Å². The molecular weight excluding hydrogens is 231 g/mol. The molecule has 0 saturated carbocycles. The van der Waals surface area contributed by atoms with Gasteiger partial charge in [0, 0.05) is 11.5 Å². The second kappa shape index (κ2) is 4.42. The van der Waals surface area contributed by atoms with Gasteiger partial charge in [0.2, 0.25) is 0 Å². The van der Waals surface area contributed by atoms with Gasteiger partial charge < -0.3 is 9.84 Å². The average molecular weight is 244 g/mol. The largest absolute Gasteiger partial charge is 0.492 e. The molecule has 0 fully saturated rings. The highest BCUT2D eigenvalue weighted by molar-refractivity contribution is 5.47. The molecule has 3 rings (SSSR count). The van der Waals surface area contributed by atoms with E-state index in [0.29, 0.717) is 6.61 Å². The Bertz CT molecular complexity index is 563. The van der Waals surface area contributed by atoms with Crippen LogP contribution in [0.25, 0.3) is 0 Å². The molecule has 3 heteroatoms. The fourth-order valence-corrected chi connectivity index (χ4v) is 2.32.